The predicted molar refractivity (Wildman–Crippen MR) is 80.0 cm³/mol. The summed E-state index contributed by atoms with van der Waals surface area (Å²) < 4.78 is 0. The second-order valence-electron chi connectivity index (χ2n) is 6.10. The van der Waals surface area contributed by atoms with Crippen LogP contribution in [0.5, 0.6) is 0 Å². The summed E-state index contributed by atoms with van der Waals surface area (Å²) in [7, 11) is -1.23. The summed E-state index contributed by atoms with van der Waals surface area (Å²) in [5.74, 6) is 0.590. The highest BCUT2D eigenvalue weighted by Crippen LogP contribution is 2.23. The summed E-state index contributed by atoms with van der Waals surface area (Å²) in [5, 5.41) is 12.4. The number of nitrogens with zero attached hydrogens (tertiary/aromatic N) is 2. The minimum absolute atomic E-state index is 0.590. The molecule has 4 heteroatoms. The predicted octanol–water partition coefficient (Wildman–Crippen LogP) is 2.96. The molecule has 1 fully saturated rings. The van der Waals surface area contributed by atoms with Crippen molar-refractivity contribution in [3.05, 3.63) is 0 Å². The van der Waals surface area contributed by atoms with Gasteiger partial charge >= 0.3 is 0 Å². The summed E-state index contributed by atoms with van der Waals surface area (Å²) in [6, 6.07) is 3.68. The first-order valence-corrected chi connectivity index (χ1v) is 10.7. The molecule has 1 rings (SSSR count). The molecule has 0 aromatic heterocycles. The van der Waals surface area contributed by atoms with Crippen LogP contribution < -0.4 is 5.32 Å². The summed E-state index contributed by atoms with van der Waals surface area (Å²) in [4.78, 5) is 2.51. The first-order valence-electron chi connectivity index (χ1n) is 7.46. The van der Waals surface area contributed by atoms with E-state index < -0.39 is 8.07 Å². The number of nitrogens with one attached hydrogen (secondary N) is 1. The van der Waals surface area contributed by atoms with E-state index in [1.807, 2.05) is 0 Å². The van der Waals surface area contributed by atoms with Gasteiger partial charge in [-0.1, -0.05) is 51.7 Å². The van der Waals surface area contributed by atoms with Crippen LogP contribution in [0.2, 0.25) is 19.1 Å². The molecule has 0 radical (unpaired) electrons. The van der Waals surface area contributed by atoms with Gasteiger partial charge in [-0.25, -0.2) is 0 Å². The van der Waals surface area contributed by atoms with Crippen molar-refractivity contribution in [2.75, 3.05) is 19.6 Å². The molecular formula is C14H29N3Si. The van der Waals surface area contributed by atoms with Gasteiger partial charge in [0.25, 0.3) is 0 Å². The average molecular weight is 267 g/mol. The molecule has 0 aromatic carbocycles. The molecule has 1 saturated heterocycles. The molecule has 104 valence electrons. The van der Waals surface area contributed by atoms with E-state index in [9.17, 15) is 0 Å². The second kappa shape index (κ2) is 7.93. The Hall–Kier alpha value is -0.373. The van der Waals surface area contributed by atoms with Gasteiger partial charge in [0.2, 0.25) is 0 Å². The highest BCUT2D eigenvalue weighted by atomic mass is 28.3. The van der Waals surface area contributed by atoms with Crippen LogP contribution in [0.3, 0.4) is 0 Å². The molecule has 1 atom stereocenters. The van der Waals surface area contributed by atoms with Crippen molar-refractivity contribution in [2.45, 2.75) is 64.0 Å². The van der Waals surface area contributed by atoms with Crippen LogP contribution in [0.1, 0.15) is 39.0 Å². The van der Waals surface area contributed by atoms with Crippen LogP contribution in [-0.2, 0) is 0 Å². The molecule has 0 spiro atoms. The Balaban J connectivity index is 2.41. The van der Waals surface area contributed by atoms with Crippen molar-refractivity contribution >= 4 is 8.07 Å². The molecule has 0 aromatic rings. The third kappa shape index (κ3) is 4.72. The van der Waals surface area contributed by atoms with Gasteiger partial charge in [-0.2, -0.15) is 5.26 Å². The zero-order valence-electron chi connectivity index (χ0n) is 12.3. The summed E-state index contributed by atoms with van der Waals surface area (Å²) >= 11 is 0. The third-order valence-electron chi connectivity index (χ3n) is 4.03. The van der Waals surface area contributed by atoms with Crippen LogP contribution in [0, 0.1) is 11.3 Å². The molecule has 1 aliphatic heterocycles. The maximum atomic E-state index is 8.73. The molecule has 0 saturated carbocycles. The lowest BCUT2D eigenvalue weighted by Crippen LogP contribution is -2.55. The van der Waals surface area contributed by atoms with E-state index in [-0.39, 0.29) is 0 Å². The summed E-state index contributed by atoms with van der Waals surface area (Å²) in [5.41, 5.74) is 0. The zero-order chi connectivity index (χ0) is 13.4. The number of rotatable bonds is 8. The lowest BCUT2D eigenvalue weighted by atomic mass is 10.2. The van der Waals surface area contributed by atoms with E-state index in [1.165, 1.54) is 31.7 Å². The van der Waals surface area contributed by atoms with Crippen LogP contribution in [0.15, 0.2) is 0 Å². The van der Waals surface area contributed by atoms with Crippen molar-refractivity contribution in [1.29, 1.82) is 5.26 Å². The number of nitriles is 1. The van der Waals surface area contributed by atoms with Gasteiger partial charge in [-0.15, -0.1) is 0 Å². The topological polar surface area (TPSA) is 39.1 Å². The Morgan fingerprint density at radius 1 is 1.33 bits per heavy atom. The van der Waals surface area contributed by atoms with E-state index in [0.29, 0.717) is 12.2 Å². The first kappa shape index (κ1) is 15.7. The lowest BCUT2D eigenvalue weighted by molar-refractivity contribution is 0.302. The van der Waals surface area contributed by atoms with Gasteiger partial charge in [0.05, 0.1) is 14.1 Å². The standard InChI is InChI=1S/C14H29N3Si/c1-4-5-6-7-13-18(2,3)14-16-10-12-17(14)11-8-9-15/h14,16H,4-8,10-13H2,1-3H3. The van der Waals surface area contributed by atoms with Crippen molar-refractivity contribution in [3.63, 3.8) is 0 Å². The molecular weight excluding hydrogens is 238 g/mol. The maximum Gasteiger partial charge on any atom is 0.0848 e. The van der Waals surface area contributed by atoms with Crippen molar-refractivity contribution in [1.82, 2.24) is 10.2 Å². The third-order valence-corrected chi connectivity index (χ3v) is 7.72. The first-order chi connectivity index (χ1) is 8.61. The largest absolute Gasteiger partial charge is 0.303 e. The van der Waals surface area contributed by atoms with Gasteiger partial charge < -0.3 is 5.32 Å². The van der Waals surface area contributed by atoms with Crippen molar-refractivity contribution in [3.8, 4) is 6.07 Å². The monoisotopic (exact) mass is 267 g/mol. The van der Waals surface area contributed by atoms with Crippen LogP contribution in [0.4, 0.5) is 0 Å². The van der Waals surface area contributed by atoms with Gasteiger partial charge in [0.15, 0.2) is 0 Å². The fraction of sp³-hybridized carbons (Fsp3) is 0.929. The summed E-state index contributed by atoms with van der Waals surface area (Å²) in [6.45, 7) is 10.4. The van der Waals surface area contributed by atoms with Gasteiger partial charge in [0.1, 0.15) is 0 Å². The smallest absolute Gasteiger partial charge is 0.0848 e. The minimum atomic E-state index is -1.23. The Morgan fingerprint density at radius 3 is 2.78 bits per heavy atom. The molecule has 0 amide bonds. The Bertz CT molecular complexity index is 273. The zero-order valence-corrected chi connectivity index (χ0v) is 13.3. The van der Waals surface area contributed by atoms with Crippen LogP contribution in [-0.4, -0.2) is 38.4 Å². The molecule has 1 aliphatic rings. The average Bonchev–Trinajstić information content (AvgIpc) is 2.81. The van der Waals surface area contributed by atoms with Crippen LogP contribution >= 0.6 is 0 Å². The highest BCUT2D eigenvalue weighted by molar-refractivity contribution is 6.78. The maximum absolute atomic E-state index is 8.73. The summed E-state index contributed by atoms with van der Waals surface area (Å²) in [6.07, 6.45) is 6.13. The van der Waals surface area contributed by atoms with Gasteiger partial charge in [-0.05, 0) is 0 Å². The molecule has 1 unspecified atom stereocenters. The quantitative estimate of drug-likeness (QED) is 0.543. The van der Waals surface area contributed by atoms with Crippen LogP contribution in [0.25, 0.3) is 0 Å². The van der Waals surface area contributed by atoms with E-state index in [2.05, 4.69) is 36.3 Å². The number of hydrogen-bond acceptors (Lipinski definition) is 3. The SMILES string of the molecule is CCCCCC[Si](C)(C)C1NCCN1CCC#N. The molecule has 18 heavy (non-hydrogen) atoms. The number of unbranched alkanes of at least 4 members (excludes halogenated alkanes) is 3. The number of hydrogen-bond donors (Lipinski definition) is 1. The highest BCUT2D eigenvalue weighted by Gasteiger charge is 2.37. The Kier molecular flexibility index (Phi) is 6.91. The van der Waals surface area contributed by atoms with E-state index >= 15 is 0 Å². The van der Waals surface area contributed by atoms with E-state index in [1.54, 1.807) is 0 Å². The molecule has 1 heterocycles. The minimum Gasteiger partial charge on any atom is -0.303 e. The molecule has 3 nitrogen and oxygen atoms in total. The lowest BCUT2D eigenvalue weighted by Gasteiger charge is -2.36. The Labute approximate surface area is 114 Å². The molecule has 1 N–H and O–H groups in total. The van der Waals surface area contributed by atoms with Crippen molar-refractivity contribution in [2.24, 2.45) is 0 Å². The molecule has 0 bridgehead atoms. The Morgan fingerprint density at radius 2 is 2.11 bits per heavy atom. The van der Waals surface area contributed by atoms with E-state index in [4.69, 9.17) is 5.26 Å². The van der Waals surface area contributed by atoms with E-state index in [0.717, 1.165) is 19.6 Å². The van der Waals surface area contributed by atoms with Gasteiger partial charge in [-0.3, -0.25) is 4.90 Å². The normalized spacial score (nSPS) is 21.1. The fourth-order valence-electron chi connectivity index (χ4n) is 2.95. The van der Waals surface area contributed by atoms with Crippen molar-refractivity contribution < 1.29 is 0 Å². The van der Waals surface area contributed by atoms with Gasteiger partial charge in [0, 0.05) is 31.8 Å². The fourth-order valence-corrected chi connectivity index (χ4v) is 6.33. The molecule has 0 aliphatic carbocycles. The second-order valence-corrected chi connectivity index (χ2v) is 11.1.